The van der Waals surface area contributed by atoms with Crippen molar-refractivity contribution in [2.45, 2.75) is 32.5 Å². The summed E-state index contributed by atoms with van der Waals surface area (Å²) in [5.74, 6) is 0. The quantitative estimate of drug-likeness (QED) is 0.784. The van der Waals surface area contributed by atoms with Crippen LogP contribution in [-0.4, -0.2) is 9.78 Å². The maximum absolute atomic E-state index is 4.51. The van der Waals surface area contributed by atoms with Gasteiger partial charge in [0.2, 0.25) is 0 Å². The van der Waals surface area contributed by atoms with Gasteiger partial charge in [-0.15, -0.1) is 0 Å². The van der Waals surface area contributed by atoms with Gasteiger partial charge in [0.05, 0.1) is 11.9 Å². The number of rotatable bonds is 3. The molecule has 0 aliphatic heterocycles. The van der Waals surface area contributed by atoms with Crippen LogP contribution in [0.25, 0.3) is 5.69 Å². The van der Waals surface area contributed by atoms with Gasteiger partial charge in [-0.1, -0.05) is 40.5 Å². The van der Waals surface area contributed by atoms with Crippen LogP contribution in [-0.2, 0) is 11.8 Å². The molecule has 0 saturated heterocycles. The standard InChI is InChI=1S/C14H17BrN2/c1-4-13-12(8-15)9-16-17(13)14-6-5-10(2)7-11(14)3/h5-7,9H,4,8H2,1-3H3. The number of halogens is 1. The van der Waals surface area contributed by atoms with Crippen molar-refractivity contribution in [1.82, 2.24) is 9.78 Å². The Balaban J connectivity index is 2.56. The van der Waals surface area contributed by atoms with Crippen molar-refractivity contribution in [1.29, 1.82) is 0 Å². The van der Waals surface area contributed by atoms with Crippen molar-refractivity contribution in [2.24, 2.45) is 0 Å². The minimum Gasteiger partial charge on any atom is -0.237 e. The summed E-state index contributed by atoms with van der Waals surface area (Å²) in [6, 6.07) is 6.48. The molecule has 0 radical (unpaired) electrons. The summed E-state index contributed by atoms with van der Waals surface area (Å²) in [6.07, 6.45) is 2.95. The van der Waals surface area contributed by atoms with Crippen molar-refractivity contribution in [3.8, 4) is 5.69 Å². The molecule has 3 heteroatoms. The first-order valence-electron chi connectivity index (χ1n) is 5.86. The summed E-state index contributed by atoms with van der Waals surface area (Å²) >= 11 is 3.51. The fraction of sp³-hybridized carbons (Fsp3) is 0.357. The summed E-state index contributed by atoms with van der Waals surface area (Å²) in [5.41, 5.74) is 6.29. The normalized spacial score (nSPS) is 10.8. The fourth-order valence-corrected chi connectivity index (χ4v) is 2.62. The van der Waals surface area contributed by atoms with Crippen LogP contribution in [0, 0.1) is 13.8 Å². The van der Waals surface area contributed by atoms with Gasteiger partial charge in [0.15, 0.2) is 0 Å². The van der Waals surface area contributed by atoms with E-state index < -0.39 is 0 Å². The van der Waals surface area contributed by atoms with Crippen molar-refractivity contribution in [2.75, 3.05) is 0 Å². The third-order valence-electron chi connectivity index (χ3n) is 3.01. The van der Waals surface area contributed by atoms with E-state index in [4.69, 9.17) is 0 Å². The molecular formula is C14H17BrN2. The zero-order valence-corrected chi connectivity index (χ0v) is 12.1. The molecule has 1 heterocycles. The molecule has 17 heavy (non-hydrogen) atoms. The lowest BCUT2D eigenvalue weighted by Gasteiger charge is -2.10. The number of benzene rings is 1. The zero-order chi connectivity index (χ0) is 12.4. The fourth-order valence-electron chi connectivity index (χ4n) is 2.15. The lowest BCUT2D eigenvalue weighted by molar-refractivity contribution is 0.805. The largest absolute Gasteiger partial charge is 0.237 e. The van der Waals surface area contributed by atoms with E-state index in [0.29, 0.717) is 0 Å². The molecule has 0 N–H and O–H groups in total. The molecule has 0 aliphatic rings. The molecule has 0 saturated carbocycles. The van der Waals surface area contributed by atoms with Gasteiger partial charge in [-0.3, -0.25) is 0 Å². The maximum atomic E-state index is 4.51. The van der Waals surface area contributed by atoms with Gasteiger partial charge in [-0.2, -0.15) is 5.10 Å². The van der Waals surface area contributed by atoms with Gasteiger partial charge in [-0.05, 0) is 31.9 Å². The van der Waals surface area contributed by atoms with Gasteiger partial charge in [0.25, 0.3) is 0 Å². The van der Waals surface area contributed by atoms with E-state index in [9.17, 15) is 0 Å². The molecule has 0 bridgehead atoms. The molecule has 2 rings (SSSR count). The second-order valence-electron chi connectivity index (χ2n) is 4.31. The first-order valence-corrected chi connectivity index (χ1v) is 6.99. The van der Waals surface area contributed by atoms with Crippen LogP contribution in [0.3, 0.4) is 0 Å². The van der Waals surface area contributed by atoms with E-state index in [1.807, 2.05) is 6.20 Å². The number of aromatic nitrogens is 2. The number of nitrogens with zero attached hydrogens (tertiary/aromatic N) is 2. The van der Waals surface area contributed by atoms with Gasteiger partial charge < -0.3 is 0 Å². The zero-order valence-electron chi connectivity index (χ0n) is 10.5. The van der Waals surface area contributed by atoms with E-state index in [0.717, 1.165) is 11.8 Å². The molecule has 1 aromatic carbocycles. The molecular weight excluding hydrogens is 276 g/mol. The minimum absolute atomic E-state index is 0.862. The monoisotopic (exact) mass is 292 g/mol. The summed E-state index contributed by atoms with van der Waals surface area (Å²) < 4.78 is 2.06. The van der Waals surface area contributed by atoms with Crippen molar-refractivity contribution < 1.29 is 0 Å². The molecule has 0 unspecified atom stereocenters. The van der Waals surface area contributed by atoms with Crippen molar-refractivity contribution in [3.63, 3.8) is 0 Å². The number of alkyl halides is 1. The van der Waals surface area contributed by atoms with Crippen molar-refractivity contribution >= 4 is 15.9 Å². The van der Waals surface area contributed by atoms with Gasteiger partial charge in [0.1, 0.15) is 0 Å². The van der Waals surface area contributed by atoms with Crippen LogP contribution in [0.4, 0.5) is 0 Å². The lowest BCUT2D eigenvalue weighted by Crippen LogP contribution is -2.04. The average molecular weight is 293 g/mol. The molecule has 0 spiro atoms. The van der Waals surface area contributed by atoms with Crippen LogP contribution in [0.5, 0.6) is 0 Å². The Labute approximate surface area is 111 Å². The third kappa shape index (κ3) is 2.29. The Morgan fingerprint density at radius 2 is 2.06 bits per heavy atom. The summed E-state index contributed by atoms with van der Waals surface area (Å²) in [6.45, 7) is 6.42. The Kier molecular flexibility index (Phi) is 3.67. The topological polar surface area (TPSA) is 17.8 Å². The summed E-state index contributed by atoms with van der Waals surface area (Å²) in [7, 11) is 0. The third-order valence-corrected chi connectivity index (χ3v) is 3.62. The molecule has 2 nitrogen and oxygen atoms in total. The van der Waals surface area contributed by atoms with Crippen LogP contribution in [0.15, 0.2) is 24.4 Å². The Morgan fingerprint density at radius 3 is 2.65 bits per heavy atom. The average Bonchev–Trinajstić information content (AvgIpc) is 2.71. The summed E-state index contributed by atoms with van der Waals surface area (Å²) in [5, 5.41) is 5.37. The van der Waals surface area contributed by atoms with Gasteiger partial charge >= 0.3 is 0 Å². The molecule has 90 valence electrons. The van der Waals surface area contributed by atoms with E-state index in [2.05, 4.69) is 64.7 Å². The van der Waals surface area contributed by atoms with E-state index in [1.165, 1.54) is 28.1 Å². The molecule has 0 fully saturated rings. The van der Waals surface area contributed by atoms with Gasteiger partial charge in [0, 0.05) is 16.6 Å². The predicted molar refractivity (Wildman–Crippen MR) is 75.0 cm³/mol. The van der Waals surface area contributed by atoms with Crippen molar-refractivity contribution in [3.05, 3.63) is 46.8 Å². The first kappa shape index (κ1) is 12.4. The Morgan fingerprint density at radius 1 is 1.29 bits per heavy atom. The maximum Gasteiger partial charge on any atom is 0.0678 e. The Bertz CT molecular complexity index is 529. The molecule has 0 aliphatic carbocycles. The highest BCUT2D eigenvalue weighted by molar-refractivity contribution is 9.08. The minimum atomic E-state index is 0.862. The Hall–Kier alpha value is -1.09. The van der Waals surface area contributed by atoms with E-state index in [1.54, 1.807) is 0 Å². The number of hydrogen-bond donors (Lipinski definition) is 0. The number of aryl methyl sites for hydroxylation is 2. The second kappa shape index (κ2) is 5.05. The predicted octanol–water partition coefficient (Wildman–Crippen LogP) is 3.95. The highest BCUT2D eigenvalue weighted by atomic mass is 79.9. The van der Waals surface area contributed by atoms with Gasteiger partial charge in [-0.25, -0.2) is 4.68 Å². The van der Waals surface area contributed by atoms with E-state index >= 15 is 0 Å². The second-order valence-corrected chi connectivity index (χ2v) is 4.87. The van der Waals surface area contributed by atoms with E-state index in [-0.39, 0.29) is 0 Å². The SMILES string of the molecule is CCc1c(CBr)cnn1-c1ccc(C)cc1C. The highest BCUT2D eigenvalue weighted by Gasteiger charge is 2.11. The molecule has 0 atom stereocenters. The molecule has 2 aromatic rings. The smallest absolute Gasteiger partial charge is 0.0678 e. The van der Waals surface area contributed by atoms with Crippen LogP contribution < -0.4 is 0 Å². The first-order chi connectivity index (χ1) is 8.17. The van der Waals surface area contributed by atoms with Crippen LogP contribution in [0.2, 0.25) is 0 Å². The molecule has 1 aromatic heterocycles. The van der Waals surface area contributed by atoms with Crippen LogP contribution >= 0.6 is 15.9 Å². The number of hydrogen-bond acceptors (Lipinski definition) is 1. The molecule has 0 amide bonds. The summed E-state index contributed by atoms with van der Waals surface area (Å²) in [4.78, 5) is 0. The highest BCUT2D eigenvalue weighted by Crippen LogP contribution is 2.21. The van der Waals surface area contributed by atoms with Crippen LogP contribution in [0.1, 0.15) is 29.3 Å². The lowest BCUT2D eigenvalue weighted by atomic mass is 10.1.